The molecule has 5 nitrogen and oxygen atoms in total. The van der Waals surface area contributed by atoms with Crippen molar-refractivity contribution in [2.45, 2.75) is 33.9 Å². The summed E-state index contributed by atoms with van der Waals surface area (Å²) in [5.74, 6) is -0.0980. The molecule has 1 N–H and O–H groups in total. The van der Waals surface area contributed by atoms with Crippen LogP contribution in [-0.2, 0) is 13.1 Å². The zero-order valence-electron chi connectivity index (χ0n) is 13.9. The molecule has 0 fully saturated rings. The summed E-state index contributed by atoms with van der Waals surface area (Å²) >= 11 is 5.31. The average Bonchev–Trinajstić information content (AvgIpc) is 2.97. The lowest BCUT2D eigenvalue weighted by molar-refractivity contribution is 0.399. The molecule has 0 saturated heterocycles. The van der Waals surface area contributed by atoms with Crippen molar-refractivity contribution >= 4 is 35.8 Å². The van der Waals surface area contributed by atoms with Gasteiger partial charge in [0.15, 0.2) is 4.77 Å². The molecule has 1 aromatic carbocycles. The van der Waals surface area contributed by atoms with E-state index < -0.39 is 0 Å². The Hall–Kier alpha value is -2.47. The molecule has 1 aliphatic rings. The van der Waals surface area contributed by atoms with Crippen molar-refractivity contribution < 1.29 is 5.11 Å². The molecule has 0 spiro atoms. The molecule has 1 aliphatic heterocycles. The number of hydrogen-bond acceptors (Lipinski definition) is 4. The molecule has 3 rings (SSSR count). The van der Waals surface area contributed by atoms with Crippen molar-refractivity contribution in [1.29, 1.82) is 0 Å². The van der Waals surface area contributed by atoms with E-state index in [1.54, 1.807) is 16.9 Å². The Morgan fingerprint density at radius 3 is 2.62 bits per heavy atom. The molecular weight excluding hydrogens is 322 g/mol. The van der Waals surface area contributed by atoms with Gasteiger partial charge in [0, 0.05) is 30.4 Å². The first-order chi connectivity index (χ1) is 11.5. The highest BCUT2D eigenvalue weighted by Crippen LogP contribution is 2.35. The van der Waals surface area contributed by atoms with Crippen LogP contribution in [-0.4, -0.2) is 20.5 Å². The lowest BCUT2D eigenvalue weighted by atomic mass is 10.0. The summed E-state index contributed by atoms with van der Waals surface area (Å²) in [6.07, 6.45) is 3.42. The van der Waals surface area contributed by atoms with Gasteiger partial charge in [-0.1, -0.05) is 18.2 Å². The number of aromatic hydroxyl groups is 1. The van der Waals surface area contributed by atoms with Gasteiger partial charge in [-0.15, -0.1) is 0 Å². The first kappa shape index (κ1) is 16.4. The quantitative estimate of drug-likeness (QED) is 0.866. The highest BCUT2D eigenvalue weighted by molar-refractivity contribution is 7.71. The van der Waals surface area contributed by atoms with Crippen LogP contribution < -0.4 is 5.56 Å². The van der Waals surface area contributed by atoms with Crippen LogP contribution in [0.4, 0.5) is 5.69 Å². The van der Waals surface area contributed by atoms with Crippen molar-refractivity contribution in [1.82, 2.24) is 9.13 Å². The standard InChI is InChI=1S/C18H19N3O2S/c1-4-20-16(22)14(17(23)21(5-2)18(20)24)9-12-10-19-15-11(3)7-6-8-13(12)15/h6-10,22H,4-5H2,1-3H3/b12-9+. The molecule has 2 heterocycles. The van der Waals surface area contributed by atoms with E-state index in [0.717, 1.165) is 22.4 Å². The van der Waals surface area contributed by atoms with Crippen LogP contribution in [0.2, 0.25) is 0 Å². The van der Waals surface area contributed by atoms with E-state index >= 15 is 0 Å². The minimum atomic E-state index is -0.285. The Kier molecular flexibility index (Phi) is 4.24. The Bertz CT molecular complexity index is 997. The maximum Gasteiger partial charge on any atom is 0.265 e. The van der Waals surface area contributed by atoms with Gasteiger partial charge in [-0.3, -0.25) is 18.9 Å². The maximum atomic E-state index is 12.7. The fraction of sp³-hybridized carbons (Fsp3) is 0.278. The maximum absolute atomic E-state index is 12.7. The predicted molar refractivity (Wildman–Crippen MR) is 99.7 cm³/mol. The topological polar surface area (TPSA) is 59.5 Å². The number of rotatable bonds is 3. The molecular formula is C18H19N3O2S. The van der Waals surface area contributed by atoms with E-state index in [1.807, 2.05) is 39.0 Å². The van der Waals surface area contributed by atoms with Crippen molar-refractivity contribution in [3.63, 3.8) is 0 Å². The molecule has 1 aromatic heterocycles. The van der Waals surface area contributed by atoms with Crippen LogP contribution in [0.15, 0.2) is 28.0 Å². The first-order valence-electron chi connectivity index (χ1n) is 7.91. The predicted octanol–water partition coefficient (Wildman–Crippen LogP) is 3.69. The minimum absolute atomic E-state index is 0.0980. The van der Waals surface area contributed by atoms with E-state index in [2.05, 4.69) is 4.99 Å². The molecule has 0 saturated carbocycles. The molecule has 0 unspecified atom stereocenters. The lowest BCUT2D eigenvalue weighted by Crippen LogP contribution is -2.26. The summed E-state index contributed by atoms with van der Waals surface area (Å²) in [4.78, 5) is 17.1. The summed E-state index contributed by atoms with van der Waals surface area (Å²) in [6.45, 7) is 6.69. The molecule has 0 radical (unpaired) electrons. The Labute approximate surface area is 145 Å². The van der Waals surface area contributed by atoms with Crippen LogP contribution in [0.25, 0.3) is 11.6 Å². The summed E-state index contributed by atoms with van der Waals surface area (Å²) in [5, 5.41) is 10.5. The summed E-state index contributed by atoms with van der Waals surface area (Å²) < 4.78 is 3.39. The van der Waals surface area contributed by atoms with Crippen LogP contribution in [0.1, 0.15) is 30.5 Å². The monoisotopic (exact) mass is 341 g/mol. The number of allylic oxidation sites excluding steroid dienone is 1. The molecule has 0 amide bonds. The van der Waals surface area contributed by atoms with Crippen molar-refractivity contribution in [3.05, 3.63) is 50.0 Å². The number of aromatic nitrogens is 2. The zero-order chi connectivity index (χ0) is 17.4. The minimum Gasteiger partial charge on any atom is -0.494 e. The van der Waals surface area contributed by atoms with Gasteiger partial charge in [0.05, 0.1) is 5.69 Å². The van der Waals surface area contributed by atoms with Gasteiger partial charge in [-0.25, -0.2) is 0 Å². The van der Waals surface area contributed by atoms with E-state index in [0.29, 0.717) is 17.9 Å². The molecule has 124 valence electrons. The average molecular weight is 341 g/mol. The van der Waals surface area contributed by atoms with Gasteiger partial charge in [-0.05, 0) is 44.6 Å². The molecule has 0 aliphatic carbocycles. The SMILES string of the molecule is CCn1c(O)c(/C=C2\C=Nc3c(C)cccc32)c(=O)n(CC)c1=S. The number of hydrogen-bond donors (Lipinski definition) is 1. The van der Waals surface area contributed by atoms with Gasteiger partial charge < -0.3 is 5.11 Å². The highest BCUT2D eigenvalue weighted by atomic mass is 32.1. The van der Waals surface area contributed by atoms with Crippen LogP contribution in [0.3, 0.4) is 0 Å². The molecule has 2 aromatic rings. The summed E-state index contributed by atoms with van der Waals surface area (Å²) in [6, 6.07) is 5.92. The number of aryl methyl sites for hydroxylation is 1. The van der Waals surface area contributed by atoms with E-state index in [1.165, 1.54) is 4.57 Å². The smallest absolute Gasteiger partial charge is 0.265 e. The summed E-state index contributed by atoms with van der Waals surface area (Å²) in [7, 11) is 0. The van der Waals surface area contributed by atoms with Crippen molar-refractivity contribution in [2.24, 2.45) is 4.99 Å². The largest absolute Gasteiger partial charge is 0.494 e. The third kappa shape index (κ3) is 2.43. The number of nitrogens with zero attached hydrogens (tertiary/aromatic N) is 3. The van der Waals surface area contributed by atoms with E-state index in [4.69, 9.17) is 12.2 Å². The van der Waals surface area contributed by atoms with Crippen LogP contribution in [0, 0.1) is 11.7 Å². The Morgan fingerprint density at radius 2 is 1.96 bits per heavy atom. The first-order valence-corrected chi connectivity index (χ1v) is 8.32. The van der Waals surface area contributed by atoms with Gasteiger partial charge in [0.25, 0.3) is 5.56 Å². The molecule has 0 atom stereocenters. The third-order valence-electron chi connectivity index (χ3n) is 4.25. The van der Waals surface area contributed by atoms with Crippen LogP contribution >= 0.6 is 12.2 Å². The van der Waals surface area contributed by atoms with Gasteiger partial charge in [-0.2, -0.15) is 0 Å². The zero-order valence-corrected chi connectivity index (χ0v) is 14.7. The second-order valence-electron chi connectivity index (χ2n) is 5.64. The lowest BCUT2D eigenvalue weighted by Gasteiger charge is -2.14. The third-order valence-corrected chi connectivity index (χ3v) is 4.69. The Morgan fingerprint density at radius 1 is 1.25 bits per heavy atom. The van der Waals surface area contributed by atoms with Crippen LogP contribution in [0.5, 0.6) is 5.88 Å². The van der Waals surface area contributed by atoms with E-state index in [-0.39, 0.29) is 17.0 Å². The second-order valence-corrected chi connectivity index (χ2v) is 6.01. The second kappa shape index (κ2) is 6.20. The normalized spacial score (nSPS) is 14.4. The van der Waals surface area contributed by atoms with Crippen molar-refractivity contribution in [3.8, 4) is 5.88 Å². The van der Waals surface area contributed by atoms with Gasteiger partial charge >= 0.3 is 0 Å². The van der Waals surface area contributed by atoms with Gasteiger partial charge in [0.1, 0.15) is 5.56 Å². The molecule has 6 heteroatoms. The fourth-order valence-electron chi connectivity index (χ4n) is 2.94. The number of para-hydroxylation sites is 1. The van der Waals surface area contributed by atoms with Crippen molar-refractivity contribution in [2.75, 3.05) is 0 Å². The summed E-state index contributed by atoms with van der Waals surface area (Å²) in [5.41, 5.74) is 3.70. The highest BCUT2D eigenvalue weighted by Gasteiger charge is 2.18. The molecule has 24 heavy (non-hydrogen) atoms. The fourth-order valence-corrected chi connectivity index (χ4v) is 3.36. The van der Waals surface area contributed by atoms with E-state index in [9.17, 15) is 9.90 Å². The number of benzene rings is 1. The van der Waals surface area contributed by atoms with Gasteiger partial charge in [0.2, 0.25) is 5.88 Å². The number of aliphatic imine (C=N–C) groups is 1. The number of fused-ring (bicyclic) bond motifs is 1. The molecule has 0 bridgehead atoms. The Balaban J connectivity index is 2.27.